The van der Waals surface area contributed by atoms with Crippen LogP contribution >= 0.6 is 11.3 Å². The van der Waals surface area contributed by atoms with Gasteiger partial charge >= 0.3 is 0 Å². The number of nitrogens with zero attached hydrogens (tertiary/aromatic N) is 2. The normalized spacial score (nSPS) is 16.8. The summed E-state index contributed by atoms with van der Waals surface area (Å²) in [5.74, 6) is 0.0509. The lowest BCUT2D eigenvalue weighted by Gasteiger charge is -2.24. The SMILES string of the molecule is CCCN1C(=O)c2[nH]nc(-c3ccccc3)c2[C@H]1c1cccs1. The second kappa shape index (κ2) is 5.66. The van der Waals surface area contributed by atoms with Crippen molar-refractivity contribution in [2.45, 2.75) is 19.4 Å². The van der Waals surface area contributed by atoms with Crippen LogP contribution in [0.3, 0.4) is 0 Å². The van der Waals surface area contributed by atoms with Gasteiger partial charge in [-0.3, -0.25) is 9.89 Å². The third kappa shape index (κ3) is 2.19. The van der Waals surface area contributed by atoms with Crippen LogP contribution in [0.2, 0.25) is 0 Å². The van der Waals surface area contributed by atoms with Crippen molar-refractivity contribution in [1.29, 1.82) is 0 Å². The molecule has 0 radical (unpaired) electrons. The number of hydrogen-bond acceptors (Lipinski definition) is 3. The van der Waals surface area contributed by atoms with E-state index >= 15 is 0 Å². The first-order chi connectivity index (χ1) is 11.3. The molecule has 0 saturated carbocycles. The van der Waals surface area contributed by atoms with Gasteiger partial charge in [0.25, 0.3) is 5.91 Å². The van der Waals surface area contributed by atoms with E-state index in [4.69, 9.17) is 0 Å². The number of aromatic nitrogens is 2. The Kier molecular flexibility index (Phi) is 3.50. The van der Waals surface area contributed by atoms with Gasteiger partial charge in [-0.25, -0.2) is 0 Å². The van der Waals surface area contributed by atoms with Crippen molar-refractivity contribution in [3.05, 3.63) is 64.0 Å². The summed E-state index contributed by atoms with van der Waals surface area (Å²) in [7, 11) is 0. The van der Waals surface area contributed by atoms with Crippen molar-refractivity contribution >= 4 is 17.2 Å². The summed E-state index contributed by atoms with van der Waals surface area (Å²) < 4.78 is 0. The maximum Gasteiger partial charge on any atom is 0.273 e. The summed E-state index contributed by atoms with van der Waals surface area (Å²) in [6.07, 6.45) is 0.936. The highest BCUT2D eigenvalue weighted by atomic mass is 32.1. The maximum atomic E-state index is 12.8. The van der Waals surface area contributed by atoms with E-state index in [0.717, 1.165) is 29.8 Å². The van der Waals surface area contributed by atoms with E-state index in [1.165, 1.54) is 4.88 Å². The average molecular weight is 323 g/mol. The number of aromatic amines is 1. The van der Waals surface area contributed by atoms with E-state index in [2.05, 4.69) is 28.6 Å². The zero-order valence-corrected chi connectivity index (χ0v) is 13.6. The van der Waals surface area contributed by atoms with E-state index in [1.54, 1.807) is 11.3 Å². The molecule has 0 saturated heterocycles. The van der Waals surface area contributed by atoms with Crippen molar-refractivity contribution in [2.75, 3.05) is 6.54 Å². The van der Waals surface area contributed by atoms with Crippen LogP contribution in [0, 0.1) is 0 Å². The minimum Gasteiger partial charge on any atom is -0.325 e. The molecular weight excluding hydrogens is 306 g/mol. The lowest BCUT2D eigenvalue weighted by molar-refractivity contribution is 0.0746. The van der Waals surface area contributed by atoms with Gasteiger partial charge in [-0.1, -0.05) is 43.3 Å². The van der Waals surface area contributed by atoms with E-state index in [9.17, 15) is 4.79 Å². The van der Waals surface area contributed by atoms with Crippen LogP contribution in [0.4, 0.5) is 0 Å². The summed E-state index contributed by atoms with van der Waals surface area (Å²) in [6.45, 7) is 2.85. The number of rotatable bonds is 4. The lowest BCUT2D eigenvalue weighted by Crippen LogP contribution is -2.29. The Labute approximate surface area is 138 Å². The first kappa shape index (κ1) is 14.2. The Morgan fingerprint density at radius 3 is 2.74 bits per heavy atom. The number of H-pyrrole nitrogens is 1. The molecule has 23 heavy (non-hydrogen) atoms. The van der Waals surface area contributed by atoms with Crippen LogP contribution in [0.15, 0.2) is 47.8 Å². The molecule has 1 atom stereocenters. The lowest BCUT2D eigenvalue weighted by atomic mass is 10.0. The maximum absolute atomic E-state index is 12.8. The Hall–Kier alpha value is -2.40. The van der Waals surface area contributed by atoms with Crippen LogP contribution in [0.5, 0.6) is 0 Å². The Morgan fingerprint density at radius 2 is 2.04 bits per heavy atom. The van der Waals surface area contributed by atoms with Crippen LogP contribution in [-0.4, -0.2) is 27.5 Å². The molecule has 116 valence electrons. The minimum absolute atomic E-state index is 0.0357. The molecule has 0 spiro atoms. The average Bonchev–Trinajstić information content (AvgIpc) is 3.28. The molecule has 3 aromatic rings. The molecule has 0 fully saturated rings. The van der Waals surface area contributed by atoms with Gasteiger partial charge < -0.3 is 4.90 Å². The smallest absolute Gasteiger partial charge is 0.273 e. The van der Waals surface area contributed by atoms with Crippen LogP contribution < -0.4 is 0 Å². The molecule has 2 aromatic heterocycles. The fraction of sp³-hybridized carbons (Fsp3) is 0.222. The second-order valence-electron chi connectivity index (χ2n) is 5.64. The molecule has 0 unspecified atom stereocenters. The predicted octanol–water partition coefficient (Wildman–Crippen LogP) is 4.09. The van der Waals surface area contributed by atoms with E-state index in [0.29, 0.717) is 5.69 Å². The summed E-state index contributed by atoms with van der Waals surface area (Å²) in [4.78, 5) is 15.9. The van der Waals surface area contributed by atoms with Crippen molar-refractivity contribution in [3.8, 4) is 11.3 Å². The number of fused-ring (bicyclic) bond motifs is 1. The highest BCUT2D eigenvalue weighted by molar-refractivity contribution is 7.10. The van der Waals surface area contributed by atoms with Crippen LogP contribution in [-0.2, 0) is 0 Å². The van der Waals surface area contributed by atoms with E-state index in [1.807, 2.05) is 41.3 Å². The molecule has 0 bridgehead atoms. The highest BCUT2D eigenvalue weighted by Crippen LogP contribution is 2.43. The number of thiophene rings is 1. The predicted molar refractivity (Wildman–Crippen MR) is 91.5 cm³/mol. The first-order valence-electron chi connectivity index (χ1n) is 7.79. The monoisotopic (exact) mass is 323 g/mol. The Bertz CT molecular complexity index is 823. The van der Waals surface area contributed by atoms with Gasteiger partial charge in [0.15, 0.2) is 0 Å². The number of carbonyl (C=O) groups excluding carboxylic acids is 1. The van der Waals surface area contributed by atoms with E-state index < -0.39 is 0 Å². The zero-order valence-electron chi connectivity index (χ0n) is 12.8. The number of benzene rings is 1. The number of hydrogen-bond donors (Lipinski definition) is 1. The number of amides is 1. The van der Waals surface area contributed by atoms with Crippen LogP contribution in [0.25, 0.3) is 11.3 Å². The molecule has 1 aromatic carbocycles. The molecule has 4 nitrogen and oxygen atoms in total. The largest absolute Gasteiger partial charge is 0.325 e. The molecule has 3 heterocycles. The van der Waals surface area contributed by atoms with Gasteiger partial charge in [-0.05, 0) is 17.9 Å². The molecule has 5 heteroatoms. The third-order valence-corrected chi connectivity index (χ3v) is 5.11. The molecule has 4 rings (SSSR count). The van der Waals surface area contributed by atoms with Crippen molar-refractivity contribution < 1.29 is 4.79 Å². The molecular formula is C18H17N3OS. The summed E-state index contributed by atoms with van der Waals surface area (Å²) in [6, 6.07) is 14.2. The third-order valence-electron chi connectivity index (χ3n) is 4.19. The standard InChI is InChI=1S/C18H17N3OS/c1-2-10-21-17(13-9-6-11-23-13)14-15(12-7-4-3-5-8-12)19-20-16(14)18(21)22/h3-9,11,17H,2,10H2,1H3,(H,19,20)/t17-/m1/s1. The van der Waals surface area contributed by atoms with Gasteiger partial charge in [0, 0.05) is 22.5 Å². The number of nitrogens with one attached hydrogen (secondary N) is 1. The zero-order chi connectivity index (χ0) is 15.8. The first-order valence-corrected chi connectivity index (χ1v) is 8.67. The van der Waals surface area contributed by atoms with Crippen molar-refractivity contribution in [2.24, 2.45) is 0 Å². The number of carbonyl (C=O) groups is 1. The minimum atomic E-state index is -0.0357. The molecule has 1 aliphatic heterocycles. The van der Waals surface area contributed by atoms with Gasteiger partial charge in [0.1, 0.15) is 5.69 Å². The van der Waals surface area contributed by atoms with Gasteiger partial charge in [0.05, 0.1) is 11.7 Å². The Morgan fingerprint density at radius 1 is 1.22 bits per heavy atom. The van der Waals surface area contributed by atoms with Gasteiger partial charge in [-0.2, -0.15) is 5.10 Å². The second-order valence-corrected chi connectivity index (χ2v) is 6.62. The quantitative estimate of drug-likeness (QED) is 0.786. The summed E-state index contributed by atoms with van der Waals surface area (Å²) in [5.41, 5.74) is 3.57. The van der Waals surface area contributed by atoms with Crippen molar-refractivity contribution in [1.82, 2.24) is 15.1 Å². The van der Waals surface area contributed by atoms with Crippen molar-refractivity contribution in [3.63, 3.8) is 0 Å². The highest BCUT2D eigenvalue weighted by Gasteiger charge is 2.42. The fourth-order valence-electron chi connectivity index (χ4n) is 3.23. The molecule has 1 aliphatic rings. The summed E-state index contributed by atoms with van der Waals surface area (Å²) in [5, 5.41) is 9.48. The molecule has 0 aliphatic carbocycles. The van der Waals surface area contributed by atoms with Gasteiger partial charge in [-0.15, -0.1) is 11.3 Å². The topological polar surface area (TPSA) is 49.0 Å². The van der Waals surface area contributed by atoms with E-state index in [-0.39, 0.29) is 11.9 Å². The fourth-order valence-corrected chi connectivity index (χ4v) is 4.07. The molecule has 1 N–H and O–H groups in total. The van der Waals surface area contributed by atoms with Gasteiger partial charge in [0.2, 0.25) is 0 Å². The van der Waals surface area contributed by atoms with Crippen LogP contribution in [0.1, 0.15) is 40.3 Å². The summed E-state index contributed by atoms with van der Waals surface area (Å²) >= 11 is 1.69. The Balaban J connectivity index is 1.89. The molecule has 1 amide bonds.